The van der Waals surface area contributed by atoms with Crippen molar-refractivity contribution >= 4 is 16.0 Å². The maximum atomic E-state index is 11.8. The minimum absolute atomic E-state index is 0.142. The molecule has 0 spiro atoms. The molecule has 20 heavy (non-hydrogen) atoms. The van der Waals surface area contributed by atoms with Crippen molar-refractivity contribution in [3.05, 3.63) is 35.4 Å². The number of hydrogen-bond donors (Lipinski definition) is 2. The third-order valence-corrected chi connectivity index (χ3v) is 4.27. The number of aromatic carboxylic acids is 1. The van der Waals surface area contributed by atoms with Crippen LogP contribution in [0.4, 0.5) is 0 Å². The fourth-order valence-corrected chi connectivity index (χ4v) is 2.70. The van der Waals surface area contributed by atoms with Crippen LogP contribution < -0.4 is 4.72 Å². The van der Waals surface area contributed by atoms with E-state index in [1.807, 2.05) is 18.9 Å². The van der Waals surface area contributed by atoms with Gasteiger partial charge in [-0.3, -0.25) is 0 Å². The summed E-state index contributed by atoms with van der Waals surface area (Å²) < 4.78 is 26.2. The molecule has 0 saturated heterocycles. The van der Waals surface area contributed by atoms with Gasteiger partial charge in [-0.25, -0.2) is 17.9 Å². The Balaban J connectivity index is 2.55. The summed E-state index contributed by atoms with van der Waals surface area (Å²) in [4.78, 5) is 12.7. The molecule has 7 heteroatoms. The predicted octanol–water partition coefficient (Wildman–Crippen LogP) is 0.756. The first kappa shape index (κ1) is 16.6. The molecule has 0 fully saturated rings. The van der Waals surface area contributed by atoms with Crippen LogP contribution in [-0.4, -0.2) is 51.1 Å². The van der Waals surface area contributed by atoms with Crippen LogP contribution in [0.2, 0.25) is 0 Å². The smallest absolute Gasteiger partial charge is 0.335 e. The second kappa shape index (κ2) is 7.37. The van der Waals surface area contributed by atoms with E-state index in [0.717, 1.165) is 6.54 Å². The van der Waals surface area contributed by atoms with Gasteiger partial charge in [-0.2, -0.15) is 0 Å². The molecule has 0 bridgehead atoms. The quantitative estimate of drug-likeness (QED) is 0.740. The van der Waals surface area contributed by atoms with Crippen LogP contribution in [0.25, 0.3) is 0 Å². The topological polar surface area (TPSA) is 86.7 Å². The molecule has 0 unspecified atom stereocenters. The zero-order chi connectivity index (χ0) is 15.2. The van der Waals surface area contributed by atoms with Crippen LogP contribution in [0.3, 0.4) is 0 Å². The summed E-state index contributed by atoms with van der Waals surface area (Å²) in [7, 11) is -1.48. The van der Waals surface area contributed by atoms with Gasteiger partial charge < -0.3 is 10.0 Å². The average Bonchev–Trinajstić information content (AvgIpc) is 2.38. The van der Waals surface area contributed by atoms with E-state index in [2.05, 4.69) is 4.72 Å². The number of likely N-dealkylation sites (N-methyl/N-ethyl adjacent to an activating group) is 1. The lowest BCUT2D eigenvalue weighted by Gasteiger charge is -2.14. The Kier molecular flexibility index (Phi) is 6.12. The van der Waals surface area contributed by atoms with Gasteiger partial charge in [0.05, 0.1) is 11.3 Å². The van der Waals surface area contributed by atoms with E-state index >= 15 is 0 Å². The van der Waals surface area contributed by atoms with Crippen molar-refractivity contribution in [2.75, 3.05) is 26.7 Å². The van der Waals surface area contributed by atoms with Gasteiger partial charge in [-0.1, -0.05) is 19.1 Å². The number of sulfonamides is 1. The molecule has 2 N–H and O–H groups in total. The van der Waals surface area contributed by atoms with E-state index in [1.165, 1.54) is 24.3 Å². The van der Waals surface area contributed by atoms with Crippen LogP contribution in [0.5, 0.6) is 0 Å². The average molecular weight is 300 g/mol. The zero-order valence-corrected chi connectivity index (χ0v) is 12.5. The number of carbonyl (C=O) groups is 1. The van der Waals surface area contributed by atoms with E-state index in [9.17, 15) is 13.2 Å². The van der Waals surface area contributed by atoms with E-state index in [0.29, 0.717) is 18.7 Å². The number of rotatable bonds is 8. The van der Waals surface area contributed by atoms with Crippen molar-refractivity contribution in [3.8, 4) is 0 Å². The Morgan fingerprint density at radius 1 is 1.30 bits per heavy atom. The molecule has 0 heterocycles. The highest BCUT2D eigenvalue weighted by atomic mass is 32.2. The van der Waals surface area contributed by atoms with Gasteiger partial charge in [0.2, 0.25) is 10.0 Å². The molecule has 0 saturated carbocycles. The van der Waals surface area contributed by atoms with E-state index in [1.54, 1.807) is 0 Å². The lowest BCUT2D eigenvalue weighted by molar-refractivity contribution is 0.0697. The zero-order valence-electron chi connectivity index (χ0n) is 11.7. The molecule has 0 aliphatic rings. The van der Waals surface area contributed by atoms with Crippen LogP contribution in [0.15, 0.2) is 24.3 Å². The molecule has 1 aromatic carbocycles. The monoisotopic (exact) mass is 300 g/mol. The van der Waals surface area contributed by atoms with Gasteiger partial charge >= 0.3 is 5.97 Å². The number of benzene rings is 1. The van der Waals surface area contributed by atoms with Crippen molar-refractivity contribution in [2.24, 2.45) is 0 Å². The van der Waals surface area contributed by atoms with Gasteiger partial charge in [-0.05, 0) is 31.3 Å². The maximum absolute atomic E-state index is 11.8. The van der Waals surface area contributed by atoms with Gasteiger partial charge in [0, 0.05) is 13.1 Å². The molecule has 1 rings (SSSR count). The minimum Gasteiger partial charge on any atom is -0.478 e. The third-order valence-electron chi connectivity index (χ3n) is 2.91. The minimum atomic E-state index is -3.40. The first-order chi connectivity index (χ1) is 9.34. The standard InChI is InChI=1S/C13H20N2O4S/c1-3-15(2)9-8-14-20(18,19)10-11-4-6-12(7-5-11)13(16)17/h4-7,14H,3,8-10H2,1-2H3,(H,16,17). The van der Waals surface area contributed by atoms with Gasteiger partial charge in [0.25, 0.3) is 0 Å². The van der Waals surface area contributed by atoms with Crippen molar-refractivity contribution in [1.29, 1.82) is 0 Å². The molecule has 0 aromatic heterocycles. The molecule has 1 aromatic rings. The molecule has 0 aliphatic carbocycles. The van der Waals surface area contributed by atoms with Crippen molar-refractivity contribution in [2.45, 2.75) is 12.7 Å². The van der Waals surface area contributed by atoms with E-state index in [-0.39, 0.29) is 11.3 Å². The van der Waals surface area contributed by atoms with Crippen molar-refractivity contribution in [1.82, 2.24) is 9.62 Å². The number of carboxylic acids is 1. The fourth-order valence-electron chi connectivity index (χ4n) is 1.56. The number of nitrogens with zero attached hydrogens (tertiary/aromatic N) is 1. The number of nitrogens with one attached hydrogen (secondary N) is 1. The number of carboxylic acid groups (broad SMARTS) is 1. The van der Waals surface area contributed by atoms with E-state index in [4.69, 9.17) is 5.11 Å². The molecule has 0 atom stereocenters. The molecule has 112 valence electrons. The summed E-state index contributed by atoms with van der Waals surface area (Å²) in [6.45, 7) is 3.87. The summed E-state index contributed by atoms with van der Waals surface area (Å²) >= 11 is 0. The lowest BCUT2D eigenvalue weighted by atomic mass is 10.1. The summed E-state index contributed by atoms with van der Waals surface area (Å²) in [5.41, 5.74) is 0.704. The first-order valence-corrected chi connectivity index (χ1v) is 7.97. The summed E-state index contributed by atoms with van der Waals surface area (Å²) in [5, 5.41) is 8.76. The molecule has 6 nitrogen and oxygen atoms in total. The normalized spacial score (nSPS) is 11.8. The third kappa shape index (κ3) is 5.68. The van der Waals surface area contributed by atoms with E-state index < -0.39 is 16.0 Å². The van der Waals surface area contributed by atoms with Crippen LogP contribution >= 0.6 is 0 Å². The lowest BCUT2D eigenvalue weighted by Crippen LogP contribution is -2.33. The van der Waals surface area contributed by atoms with Gasteiger partial charge in [-0.15, -0.1) is 0 Å². The highest BCUT2D eigenvalue weighted by Crippen LogP contribution is 2.07. The van der Waals surface area contributed by atoms with Crippen molar-refractivity contribution < 1.29 is 18.3 Å². The van der Waals surface area contributed by atoms with Crippen LogP contribution in [-0.2, 0) is 15.8 Å². The number of hydrogen-bond acceptors (Lipinski definition) is 4. The Morgan fingerprint density at radius 3 is 2.40 bits per heavy atom. The Hall–Kier alpha value is -1.44. The predicted molar refractivity (Wildman–Crippen MR) is 77.2 cm³/mol. The highest BCUT2D eigenvalue weighted by Gasteiger charge is 2.12. The summed E-state index contributed by atoms with van der Waals surface area (Å²) in [6.07, 6.45) is 0. The second-order valence-electron chi connectivity index (χ2n) is 4.55. The Labute approximate surface area is 119 Å². The van der Waals surface area contributed by atoms with Crippen molar-refractivity contribution in [3.63, 3.8) is 0 Å². The van der Waals surface area contributed by atoms with Gasteiger partial charge in [0.15, 0.2) is 0 Å². The molecule has 0 aliphatic heterocycles. The van der Waals surface area contributed by atoms with Crippen LogP contribution in [0.1, 0.15) is 22.8 Å². The molecule has 0 amide bonds. The van der Waals surface area contributed by atoms with Gasteiger partial charge in [0.1, 0.15) is 0 Å². The first-order valence-electron chi connectivity index (χ1n) is 6.32. The molecular formula is C13H20N2O4S. The largest absolute Gasteiger partial charge is 0.478 e. The summed E-state index contributed by atoms with van der Waals surface area (Å²) in [6, 6.07) is 5.83. The maximum Gasteiger partial charge on any atom is 0.335 e. The fraction of sp³-hybridized carbons (Fsp3) is 0.462. The Bertz CT molecular complexity index is 540. The summed E-state index contributed by atoms with van der Waals surface area (Å²) in [5.74, 6) is -1.18. The van der Waals surface area contributed by atoms with Crippen LogP contribution in [0, 0.1) is 0 Å². The molecule has 0 radical (unpaired) electrons. The second-order valence-corrected chi connectivity index (χ2v) is 6.36. The SMILES string of the molecule is CCN(C)CCNS(=O)(=O)Cc1ccc(C(=O)O)cc1. The Morgan fingerprint density at radius 2 is 1.90 bits per heavy atom. The molecular weight excluding hydrogens is 280 g/mol. The highest BCUT2D eigenvalue weighted by molar-refractivity contribution is 7.88.